The van der Waals surface area contributed by atoms with Crippen molar-refractivity contribution in [2.24, 2.45) is 0 Å². The fraction of sp³-hybridized carbons (Fsp3) is 1.00. The highest BCUT2D eigenvalue weighted by molar-refractivity contribution is 9.24. The molecule has 0 fully saturated rings. The normalized spacial score (nSPS) is 15.0. The van der Waals surface area contributed by atoms with Crippen LogP contribution in [0, 0.1) is 0 Å². The SMILES string of the molecule is ClSC(Cl)C(Br)Br. The second-order valence-electron chi connectivity index (χ2n) is 0.775. The summed E-state index contributed by atoms with van der Waals surface area (Å²) in [5.41, 5.74) is 0. The van der Waals surface area contributed by atoms with E-state index in [9.17, 15) is 0 Å². The van der Waals surface area contributed by atoms with Crippen LogP contribution in [-0.4, -0.2) is 8.45 Å². The van der Waals surface area contributed by atoms with E-state index in [0.29, 0.717) is 0 Å². The van der Waals surface area contributed by atoms with Crippen LogP contribution >= 0.6 is 65.1 Å². The van der Waals surface area contributed by atoms with Gasteiger partial charge in [0.15, 0.2) is 0 Å². The monoisotopic (exact) mass is 286 g/mol. The van der Waals surface area contributed by atoms with Gasteiger partial charge in [0, 0.05) is 0 Å². The van der Waals surface area contributed by atoms with E-state index in [2.05, 4.69) is 31.9 Å². The molecule has 0 saturated carbocycles. The molecule has 7 heavy (non-hydrogen) atoms. The van der Waals surface area contributed by atoms with Crippen LogP contribution in [0.3, 0.4) is 0 Å². The fourth-order valence-corrected chi connectivity index (χ4v) is 1.82. The Balaban J connectivity index is 3.14. The average Bonchev–Trinajstić information content (AvgIpc) is 1.65. The van der Waals surface area contributed by atoms with Crippen molar-refractivity contribution in [1.29, 1.82) is 0 Å². The van der Waals surface area contributed by atoms with Crippen molar-refractivity contribution in [3.8, 4) is 0 Å². The molecule has 0 aromatic heterocycles. The molecule has 1 unspecified atom stereocenters. The smallest absolute Gasteiger partial charge is 0.108 e. The van der Waals surface area contributed by atoms with Crippen molar-refractivity contribution in [2.75, 3.05) is 0 Å². The van der Waals surface area contributed by atoms with E-state index in [4.69, 9.17) is 22.3 Å². The van der Waals surface area contributed by atoms with Crippen LogP contribution in [0.15, 0.2) is 0 Å². The van der Waals surface area contributed by atoms with E-state index in [1.807, 2.05) is 0 Å². The van der Waals surface area contributed by atoms with Crippen molar-refractivity contribution < 1.29 is 0 Å². The summed E-state index contributed by atoms with van der Waals surface area (Å²) in [6, 6.07) is 0. The van der Waals surface area contributed by atoms with E-state index in [0.717, 1.165) is 11.0 Å². The summed E-state index contributed by atoms with van der Waals surface area (Å²) < 4.78 is -0.0224. The highest BCUT2D eigenvalue weighted by Crippen LogP contribution is 2.30. The predicted molar refractivity (Wildman–Crippen MR) is 44.7 cm³/mol. The minimum atomic E-state index is -0.110. The van der Waals surface area contributed by atoms with Gasteiger partial charge in [-0.15, -0.1) is 11.6 Å². The van der Waals surface area contributed by atoms with E-state index in [1.54, 1.807) is 0 Å². The molecule has 0 bridgehead atoms. The molecule has 44 valence electrons. The largest absolute Gasteiger partial charge is 0.116 e. The molecule has 0 amide bonds. The van der Waals surface area contributed by atoms with Gasteiger partial charge in [-0.2, -0.15) is 0 Å². The minimum Gasteiger partial charge on any atom is -0.108 e. The molecule has 0 aliphatic carbocycles. The molecule has 0 aromatic carbocycles. The third-order valence-electron chi connectivity index (χ3n) is 0.283. The quantitative estimate of drug-likeness (QED) is 0.700. The number of rotatable bonds is 2. The first-order valence-electron chi connectivity index (χ1n) is 1.38. The second kappa shape index (κ2) is 4.74. The van der Waals surface area contributed by atoms with Crippen LogP contribution in [0.2, 0.25) is 0 Å². The lowest BCUT2D eigenvalue weighted by Gasteiger charge is -2.01. The topological polar surface area (TPSA) is 0 Å². The Morgan fingerprint density at radius 2 is 1.86 bits per heavy atom. The molecule has 0 radical (unpaired) electrons. The standard InChI is InChI=1S/C2H2Br2Cl2S/c3-1(4)2(5)7-6/h1-2H. The van der Waals surface area contributed by atoms with Crippen LogP contribution in [0.5, 0.6) is 0 Å². The summed E-state index contributed by atoms with van der Waals surface area (Å²) in [5, 5.41) is 0. The van der Waals surface area contributed by atoms with Gasteiger partial charge in [-0.25, -0.2) is 0 Å². The maximum Gasteiger partial charge on any atom is 0.116 e. The third kappa shape index (κ3) is 4.40. The van der Waals surface area contributed by atoms with Crippen molar-refractivity contribution in [2.45, 2.75) is 8.45 Å². The van der Waals surface area contributed by atoms with Gasteiger partial charge >= 0.3 is 0 Å². The molecule has 0 saturated heterocycles. The zero-order valence-electron chi connectivity index (χ0n) is 3.07. The van der Waals surface area contributed by atoms with Crippen molar-refractivity contribution in [1.82, 2.24) is 0 Å². The van der Waals surface area contributed by atoms with Crippen LogP contribution in [0.4, 0.5) is 0 Å². The molecule has 0 N–H and O–H groups in total. The van der Waals surface area contributed by atoms with E-state index < -0.39 is 0 Å². The summed E-state index contributed by atoms with van der Waals surface area (Å²) in [5.74, 6) is 0. The molecule has 0 rings (SSSR count). The zero-order chi connectivity index (χ0) is 5.86. The number of hydrogen-bond donors (Lipinski definition) is 0. The molecular formula is C2H2Br2Cl2S. The second-order valence-corrected chi connectivity index (χ2v) is 5.93. The van der Waals surface area contributed by atoms with Gasteiger partial charge in [0.2, 0.25) is 0 Å². The molecule has 0 aliphatic heterocycles. The third-order valence-corrected chi connectivity index (χ3v) is 4.46. The van der Waals surface area contributed by atoms with Crippen molar-refractivity contribution >= 4 is 65.1 Å². The first-order valence-corrected chi connectivity index (χ1v) is 5.35. The predicted octanol–water partition coefficient (Wildman–Crippen LogP) is 3.55. The number of hydrogen-bond acceptors (Lipinski definition) is 1. The Morgan fingerprint density at radius 1 is 1.43 bits per heavy atom. The Bertz CT molecular complexity index is 51.0. The fourth-order valence-electron chi connectivity index (χ4n) is 0.0389. The average molecular weight is 289 g/mol. The van der Waals surface area contributed by atoms with E-state index in [-0.39, 0.29) is 8.45 Å². The van der Waals surface area contributed by atoms with E-state index in [1.165, 1.54) is 0 Å². The highest BCUT2D eigenvalue weighted by atomic mass is 79.9. The first kappa shape index (κ1) is 8.89. The Labute approximate surface area is 73.1 Å². The summed E-state index contributed by atoms with van der Waals surface area (Å²) >= 11 is 11.9. The summed E-state index contributed by atoms with van der Waals surface area (Å²) in [6.07, 6.45) is 0. The summed E-state index contributed by atoms with van der Waals surface area (Å²) in [7, 11) is 6.35. The van der Waals surface area contributed by atoms with Crippen LogP contribution < -0.4 is 0 Å². The molecule has 0 aliphatic rings. The van der Waals surface area contributed by atoms with Gasteiger partial charge in [0.05, 0.1) is 3.74 Å². The lowest BCUT2D eigenvalue weighted by atomic mass is 11.0. The Hall–Kier alpha value is 1.89. The lowest BCUT2D eigenvalue weighted by Crippen LogP contribution is -1.97. The van der Waals surface area contributed by atoms with Crippen molar-refractivity contribution in [3.63, 3.8) is 0 Å². The minimum absolute atomic E-state index is 0.0872. The molecule has 0 aromatic rings. The molecule has 0 spiro atoms. The molecule has 0 heterocycles. The Kier molecular flexibility index (Phi) is 6.02. The van der Waals surface area contributed by atoms with Gasteiger partial charge in [0.25, 0.3) is 0 Å². The van der Waals surface area contributed by atoms with Crippen LogP contribution in [-0.2, 0) is 0 Å². The zero-order valence-corrected chi connectivity index (χ0v) is 8.58. The van der Waals surface area contributed by atoms with Crippen LogP contribution in [0.25, 0.3) is 0 Å². The number of alkyl halides is 3. The van der Waals surface area contributed by atoms with Crippen LogP contribution in [0.1, 0.15) is 0 Å². The maximum atomic E-state index is 5.54. The van der Waals surface area contributed by atoms with Crippen molar-refractivity contribution in [3.05, 3.63) is 0 Å². The van der Waals surface area contributed by atoms with Gasteiger partial charge in [-0.1, -0.05) is 31.9 Å². The van der Waals surface area contributed by atoms with Gasteiger partial charge < -0.3 is 0 Å². The lowest BCUT2D eigenvalue weighted by molar-refractivity contribution is 1.40. The molecule has 0 nitrogen and oxygen atoms in total. The molecule has 1 atom stereocenters. The van der Waals surface area contributed by atoms with Gasteiger partial charge in [-0.05, 0) is 21.7 Å². The molecule has 5 heteroatoms. The Morgan fingerprint density at radius 3 is 1.86 bits per heavy atom. The highest BCUT2D eigenvalue weighted by Gasteiger charge is 2.10. The van der Waals surface area contributed by atoms with Gasteiger partial charge in [0.1, 0.15) is 4.71 Å². The first-order chi connectivity index (χ1) is 3.18. The molecular weight excluding hydrogens is 287 g/mol. The van der Waals surface area contributed by atoms with E-state index >= 15 is 0 Å². The summed E-state index contributed by atoms with van der Waals surface area (Å²) in [4.78, 5) is 0. The number of halogens is 4. The summed E-state index contributed by atoms with van der Waals surface area (Å²) in [6.45, 7) is 0. The van der Waals surface area contributed by atoms with Gasteiger partial charge in [-0.3, -0.25) is 0 Å². The maximum absolute atomic E-state index is 5.54.